The molecular weight excluding hydrogens is 198 g/mol. The third-order valence-electron chi connectivity index (χ3n) is 2.34. The van der Waals surface area contributed by atoms with Gasteiger partial charge in [-0.05, 0) is 31.2 Å². The molecule has 0 fully saturated rings. The van der Waals surface area contributed by atoms with Crippen LogP contribution in [0.1, 0.15) is 19.4 Å². The van der Waals surface area contributed by atoms with Crippen molar-refractivity contribution in [1.82, 2.24) is 5.32 Å². The van der Waals surface area contributed by atoms with Gasteiger partial charge in [0.15, 0.2) is 0 Å². The second kappa shape index (κ2) is 4.78. The lowest BCUT2D eigenvalue weighted by atomic mass is 9.93. The summed E-state index contributed by atoms with van der Waals surface area (Å²) in [6.07, 6.45) is 0. The molecule has 1 atom stereocenters. The van der Waals surface area contributed by atoms with E-state index in [-0.39, 0.29) is 6.61 Å². The molecule has 0 saturated carbocycles. The van der Waals surface area contributed by atoms with Crippen molar-refractivity contribution in [1.29, 1.82) is 0 Å². The fraction of sp³-hybridized carbons (Fsp3) is 0.455. The lowest BCUT2D eigenvalue weighted by molar-refractivity contribution is 0.177. The van der Waals surface area contributed by atoms with E-state index in [0.29, 0.717) is 5.02 Å². The fourth-order valence-corrected chi connectivity index (χ4v) is 1.66. The molecule has 0 aliphatic rings. The zero-order valence-electron chi connectivity index (χ0n) is 8.55. The quantitative estimate of drug-likeness (QED) is 0.804. The zero-order chi connectivity index (χ0) is 10.6. The number of nitrogens with one attached hydrogen (secondary N) is 1. The molecule has 1 aromatic rings. The Labute approximate surface area is 89.9 Å². The minimum absolute atomic E-state index is 0.0567. The standard InChI is InChI=1S/C11H16ClNO/c1-3-13-11(2,8-14)9-5-4-6-10(12)7-9/h4-7,13-14H,3,8H2,1-2H3. The summed E-state index contributed by atoms with van der Waals surface area (Å²) in [4.78, 5) is 0. The molecule has 1 aromatic carbocycles. The third kappa shape index (κ3) is 2.47. The maximum Gasteiger partial charge on any atom is 0.0652 e. The van der Waals surface area contributed by atoms with Crippen LogP contribution in [0.3, 0.4) is 0 Å². The molecule has 0 spiro atoms. The molecule has 0 aliphatic carbocycles. The Morgan fingerprint density at radius 2 is 2.21 bits per heavy atom. The van der Waals surface area contributed by atoms with Crippen molar-refractivity contribution in [3.8, 4) is 0 Å². The van der Waals surface area contributed by atoms with Gasteiger partial charge in [-0.25, -0.2) is 0 Å². The predicted octanol–water partition coefficient (Wildman–Crippen LogP) is 2.16. The van der Waals surface area contributed by atoms with Crippen LogP contribution in [0, 0.1) is 0 Å². The lowest BCUT2D eigenvalue weighted by Gasteiger charge is -2.29. The predicted molar refractivity (Wildman–Crippen MR) is 59.6 cm³/mol. The maximum atomic E-state index is 9.36. The van der Waals surface area contributed by atoms with E-state index >= 15 is 0 Å². The Morgan fingerprint density at radius 3 is 2.71 bits per heavy atom. The van der Waals surface area contributed by atoms with Crippen LogP contribution in [0.4, 0.5) is 0 Å². The Morgan fingerprint density at radius 1 is 1.50 bits per heavy atom. The van der Waals surface area contributed by atoms with E-state index in [0.717, 1.165) is 12.1 Å². The van der Waals surface area contributed by atoms with E-state index in [1.807, 2.05) is 38.1 Å². The summed E-state index contributed by atoms with van der Waals surface area (Å²) < 4.78 is 0. The minimum Gasteiger partial charge on any atom is -0.394 e. The van der Waals surface area contributed by atoms with Crippen LogP contribution in [-0.4, -0.2) is 18.3 Å². The SMILES string of the molecule is CCNC(C)(CO)c1cccc(Cl)c1. The summed E-state index contributed by atoms with van der Waals surface area (Å²) in [5, 5.41) is 13.3. The fourth-order valence-electron chi connectivity index (χ4n) is 1.47. The largest absolute Gasteiger partial charge is 0.394 e. The van der Waals surface area contributed by atoms with Gasteiger partial charge >= 0.3 is 0 Å². The van der Waals surface area contributed by atoms with Crippen molar-refractivity contribution in [2.75, 3.05) is 13.2 Å². The zero-order valence-corrected chi connectivity index (χ0v) is 9.30. The Balaban J connectivity index is 2.99. The van der Waals surface area contributed by atoms with Crippen LogP contribution in [0.2, 0.25) is 5.02 Å². The van der Waals surface area contributed by atoms with E-state index in [1.165, 1.54) is 0 Å². The Kier molecular flexibility index (Phi) is 3.93. The van der Waals surface area contributed by atoms with Crippen molar-refractivity contribution in [2.45, 2.75) is 19.4 Å². The number of aliphatic hydroxyl groups is 1. The number of aliphatic hydroxyl groups excluding tert-OH is 1. The molecule has 3 heteroatoms. The average molecular weight is 214 g/mol. The van der Waals surface area contributed by atoms with Gasteiger partial charge in [0.25, 0.3) is 0 Å². The summed E-state index contributed by atoms with van der Waals surface area (Å²) >= 11 is 5.90. The van der Waals surface area contributed by atoms with Crippen molar-refractivity contribution in [3.05, 3.63) is 34.9 Å². The third-order valence-corrected chi connectivity index (χ3v) is 2.58. The summed E-state index contributed by atoms with van der Waals surface area (Å²) in [6, 6.07) is 7.56. The second-order valence-corrected chi connectivity index (χ2v) is 3.97. The van der Waals surface area contributed by atoms with Gasteiger partial charge in [0.1, 0.15) is 0 Å². The minimum atomic E-state index is -0.403. The van der Waals surface area contributed by atoms with Gasteiger partial charge in [0.05, 0.1) is 12.1 Å². The average Bonchev–Trinajstić information content (AvgIpc) is 2.18. The molecule has 1 unspecified atom stereocenters. The van der Waals surface area contributed by atoms with E-state index in [4.69, 9.17) is 11.6 Å². The van der Waals surface area contributed by atoms with Crippen LogP contribution in [0.5, 0.6) is 0 Å². The van der Waals surface area contributed by atoms with Gasteiger partial charge in [-0.3, -0.25) is 0 Å². The number of hydrogen-bond donors (Lipinski definition) is 2. The maximum absolute atomic E-state index is 9.36. The van der Waals surface area contributed by atoms with Crippen molar-refractivity contribution >= 4 is 11.6 Å². The van der Waals surface area contributed by atoms with Crippen LogP contribution in [0.25, 0.3) is 0 Å². The highest BCUT2D eigenvalue weighted by atomic mass is 35.5. The molecule has 0 aromatic heterocycles. The van der Waals surface area contributed by atoms with E-state index in [2.05, 4.69) is 5.32 Å². The molecule has 1 rings (SSSR count). The molecular formula is C11H16ClNO. The normalized spacial score (nSPS) is 15.1. The number of likely N-dealkylation sites (N-methyl/N-ethyl adjacent to an activating group) is 1. The first-order chi connectivity index (χ1) is 6.62. The second-order valence-electron chi connectivity index (χ2n) is 3.53. The van der Waals surface area contributed by atoms with Crippen LogP contribution < -0.4 is 5.32 Å². The number of halogens is 1. The first-order valence-corrected chi connectivity index (χ1v) is 5.12. The smallest absolute Gasteiger partial charge is 0.0652 e. The molecule has 0 radical (unpaired) electrons. The molecule has 0 aliphatic heterocycles. The number of hydrogen-bond acceptors (Lipinski definition) is 2. The summed E-state index contributed by atoms with van der Waals surface area (Å²) in [5.74, 6) is 0. The summed E-state index contributed by atoms with van der Waals surface area (Å²) in [7, 11) is 0. The van der Waals surface area contributed by atoms with Gasteiger partial charge in [0.2, 0.25) is 0 Å². The monoisotopic (exact) mass is 213 g/mol. The highest BCUT2D eigenvalue weighted by molar-refractivity contribution is 6.30. The molecule has 0 saturated heterocycles. The van der Waals surface area contributed by atoms with Gasteiger partial charge in [-0.1, -0.05) is 30.7 Å². The first-order valence-electron chi connectivity index (χ1n) is 4.74. The van der Waals surface area contributed by atoms with E-state index < -0.39 is 5.54 Å². The topological polar surface area (TPSA) is 32.3 Å². The van der Waals surface area contributed by atoms with Gasteiger partial charge in [-0.2, -0.15) is 0 Å². The lowest BCUT2D eigenvalue weighted by Crippen LogP contribution is -2.42. The van der Waals surface area contributed by atoms with E-state index in [9.17, 15) is 5.11 Å². The Bertz CT molecular complexity index is 303. The van der Waals surface area contributed by atoms with Gasteiger partial charge < -0.3 is 10.4 Å². The highest BCUT2D eigenvalue weighted by Gasteiger charge is 2.24. The number of rotatable bonds is 4. The highest BCUT2D eigenvalue weighted by Crippen LogP contribution is 2.22. The summed E-state index contributed by atoms with van der Waals surface area (Å²) in [6.45, 7) is 4.84. The van der Waals surface area contributed by atoms with Crippen molar-refractivity contribution in [2.24, 2.45) is 0 Å². The van der Waals surface area contributed by atoms with Crippen molar-refractivity contribution < 1.29 is 5.11 Å². The van der Waals surface area contributed by atoms with Gasteiger partial charge in [-0.15, -0.1) is 0 Å². The van der Waals surface area contributed by atoms with E-state index in [1.54, 1.807) is 0 Å². The molecule has 14 heavy (non-hydrogen) atoms. The molecule has 0 heterocycles. The number of benzene rings is 1. The Hall–Kier alpha value is -0.570. The van der Waals surface area contributed by atoms with Crippen LogP contribution >= 0.6 is 11.6 Å². The molecule has 2 N–H and O–H groups in total. The molecule has 2 nitrogen and oxygen atoms in total. The summed E-state index contributed by atoms with van der Waals surface area (Å²) in [5.41, 5.74) is 0.606. The molecule has 78 valence electrons. The van der Waals surface area contributed by atoms with Crippen LogP contribution in [-0.2, 0) is 5.54 Å². The van der Waals surface area contributed by atoms with Crippen molar-refractivity contribution in [3.63, 3.8) is 0 Å². The van der Waals surface area contributed by atoms with Crippen LogP contribution in [0.15, 0.2) is 24.3 Å². The molecule has 0 amide bonds. The van der Waals surface area contributed by atoms with Gasteiger partial charge in [0, 0.05) is 5.02 Å². The molecule has 0 bridgehead atoms. The first kappa shape index (κ1) is 11.5.